The van der Waals surface area contributed by atoms with Crippen molar-refractivity contribution < 1.29 is 9.53 Å². The average molecular weight is 466 g/mol. The van der Waals surface area contributed by atoms with Crippen molar-refractivity contribution in [2.45, 2.75) is 90.0 Å². The summed E-state index contributed by atoms with van der Waals surface area (Å²) in [5.41, 5.74) is 1.21. The Morgan fingerprint density at radius 3 is 2.55 bits per heavy atom. The van der Waals surface area contributed by atoms with Crippen LogP contribution in [-0.4, -0.2) is 51.9 Å². The van der Waals surface area contributed by atoms with Gasteiger partial charge in [-0.25, -0.2) is 4.98 Å². The van der Waals surface area contributed by atoms with Crippen LogP contribution >= 0.6 is 23.1 Å². The first-order chi connectivity index (χ1) is 14.9. The minimum atomic E-state index is 0.0112. The number of carbonyl (C=O) groups excluding carboxylic acids is 1. The minimum Gasteiger partial charge on any atom is -0.383 e. The maximum Gasteiger partial charge on any atom is 0.263 e. The van der Waals surface area contributed by atoms with E-state index in [0.29, 0.717) is 18.3 Å². The Balaban J connectivity index is 1.93. The number of amides is 1. The minimum absolute atomic E-state index is 0.0112. The molecule has 2 atom stereocenters. The fourth-order valence-electron chi connectivity index (χ4n) is 4.23. The smallest absolute Gasteiger partial charge is 0.263 e. The summed E-state index contributed by atoms with van der Waals surface area (Å²) in [5, 5.41) is 1.40. The molecule has 2 heterocycles. The molecule has 0 aliphatic heterocycles. The number of carbonyl (C=O) groups is 1. The molecule has 0 saturated heterocycles. The van der Waals surface area contributed by atoms with Crippen molar-refractivity contribution in [2.75, 3.05) is 19.5 Å². The van der Waals surface area contributed by atoms with Crippen LogP contribution in [0.25, 0.3) is 10.2 Å². The van der Waals surface area contributed by atoms with Gasteiger partial charge in [0.25, 0.3) is 5.56 Å². The van der Waals surface area contributed by atoms with Crippen LogP contribution in [0.4, 0.5) is 0 Å². The molecule has 1 aliphatic carbocycles. The first kappa shape index (κ1) is 24.3. The highest BCUT2D eigenvalue weighted by molar-refractivity contribution is 7.99. The molecular formula is C23H35N3O3S2. The molecule has 0 bridgehead atoms. The number of ether oxygens (including phenoxy) is 1. The molecule has 0 aromatic carbocycles. The summed E-state index contributed by atoms with van der Waals surface area (Å²) in [7, 11) is 1.63. The van der Waals surface area contributed by atoms with E-state index in [1.165, 1.54) is 28.6 Å². The van der Waals surface area contributed by atoms with Crippen molar-refractivity contribution >= 4 is 39.2 Å². The molecule has 3 rings (SSSR count). The van der Waals surface area contributed by atoms with Gasteiger partial charge in [0.15, 0.2) is 5.16 Å². The van der Waals surface area contributed by atoms with E-state index in [0.717, 1.165) is 42.3 Å². The molecule has 2 aromatic rings. The Bertz CT molecular complexity index is 959. The molecule has 1 aliphatic rings. The number of aryl methyl sites for hydroxylation is 2. The Hall–Kier alpha value is -1.38. The van der Waals surface area contributed by atoms with Gasteiger partial charge >= 0.3 is 0 Å². The van der Waals surface area contributed by atoms with E-state index >= 15 is 0 Å². The Kier molecular flexibility index (Phi) is 8.58. The number of thiophene rings is 1. The van der Waals surface area contributed by atoms with Crippen molar-refractivity contribution in [3.63, 3.8) is 0 Å². The first-order valence-corrected chi connectivity index (χ1v) is 13.2. The van der Waals surface area contributed by atoms with E-state index in [4.69, 9.17) is 9.72 Å². The third kappa shape index (κ3) is 5.17. The van der Waals surface area contributed by atoms with E-state index in [1.54, 1.807) is 23.0 Å². The van der Waals surface area contributed by atoms with Gasteiger partial charge in [-0.15, -0.1) is 11.3 Å². The highest BCUT2D eigenvalue weighted by Gasteiger charge is 2.26. The number of fused-ring (bicyclic) bond motifs is 3. The molecule has 0 N–H and O–H groups in total. The molecule has 8 heteroatoms. The molecular weight excluding hydrogens is 430 g/mol. The SMILES string of the molecule is CC[C@@H](C)N(C(=O)CSc1nc2sc3c(c2c(=O)n1CCOC)CCCC3)[C@@H](C)CC. The van der Waals surface area contributed by atoms with Crippen LogP contribution in [0.3, 0.4) is 0 Å². The molecule has 0 saturated carbocycles. The van der Waals surface area contributed by atoms with Gasteiger partial charge in [-0.05, 0) is 57.9 Å². The van der Waals surface area contributed by atoms with E-state index in [9.17, 15) is 9.59 Å². The number of hydrogen-bond donors (Lipinski definition) is 0. The quantitative estimate of drug-likeness (QED) is 0.382. The summed E-state index contributed by atoms with van der Waals surface area (Å²) in [5.74, 6) is 0.386. The summed E-state index contributed by atoms with van der Waals surface area (Å²) in [6.07, 6.45) is 6.14. The fourth-order valence-corrected chi connectivity index (χ4v) is 6.43. The number of rotatable bonds is 10. The lowest BCUT2D eigenvalue weighted by Crippen LogP contribution is -2.45. The van der Waals surface area contributed by atoms with Crippen LogP contribution in [0, 0.1) is 0 Å². The van der Waals surface area contributed by atoms with Gasteiger partial charge in [0.2, 0.25) is 5.91 Å². The zero-order valence-electron chi connectivity index (χ0n) is 19.4. The Morgan fingerprint density at radius 1 is 1.23 bits per heavy atom. The monoisotopic (exact) mass is 465 g/mol. The lowest BCUT2D eigenvalue weighted by molar-refractivity contribution is -0.132. The van der Waals surface area contributed by atoms with Gasteiger partial charge in [-0.3, -0.25) is 14.2 Å². The maximum atomic E-state index is 13.4. The second kappa shape index (κ2) is 11.0. The van der Waals surface area contributed by atoms with Gasteiger partial charge in [0.1, 0.15) is 4.83 Å². The van der Waals surface area contributed by atoms with Crippen molar-refractivity contribution in [3.8, 4) is 0 Å². The van der Waals surface area contributed by atoms with Crippen molar-refractivity contribution in [3.05, 3.63) is 20.8 Å². The zero-order valence-corrected chi connectivity index (χ0v) is 21.0. The standard InChI is InChI=1S/C23H35N3O3S2/c1-6-15(3)26(16(4)7-2)19(27)14-30-23-24-21-20(22(28)25(23)12-13-29-5)17-10-8-9-11-18(17)31-21/h15-16H,6-14H2,1-5H3/t15-,16+. The summed E-state index contributed by atoms with van der Waals surface area (Å²) < 4.78 is 6.96. The second-order valence-corrected chi connectivity index (χ2v) is 10.4. The molecule has 0 unspecified atom stereocenters. The van der Waals surface area contributed by atoms with Crippen molar-refractivity contribution in [1.82, 2.24) is 14.5 Å². The average Bonchev–Trinajstić information content (AvgIpc) is 3.15. The number of thioether (sulfide) groups is 1. The van der Waals surface area contributed by atoms with Crippen LogP contribution in [0.15, 0.2) is 9.95 Å². The lowest BCUT2D eigenvalue weighted by atomic mass is 9.97. The first-order valence-electron chi connectivity index (χ1n) is 11.4. The largest absolute Gasteiger partial charge is 0.383 e. The summed E-state index contributed by atoms with van der Waals surface area (Å²) in [6.45, 7) is 9.30. The van der Waals surface area contributed by atoms with Gasteiger partial charge < -0.3 is 9.64 Å². The summed E-state index contributed by atoms with van der Waals surface area (Å²) in [4.78, 5) is 35.6. The Morgan fingerprint density at radius 2 is 1.90 bits per heavy atom. The van der Waals surface area contributed by atoms with Crippen LogP contribution in [0.2, 0.25) is 0 Å². The van der Waals surface area contributed by atoms with Gasteiger partial charge in [-0.2, -0.15) is 0 Å². The molecule has 2 aromatic heterocycles. The van der Waals surface area contributed by atoms with Crippen LogP contribution < -0.4 is 5.56 Å². The highest BCUT2D eigenvalue weighted by Crippen LogP contribution is 2.34. The predicted octanol–water partition coefficient (Wildman–Crippen LogP) is 4.50. The molecule has 172 valence electrons. The summed E-state index contributed by atoms with van der Waals surface area (Å²) >= 11 is 3.03. The number of nitrogens with zero attached hydrogens (tertiary/aromatic N) is 3. The van der Waals surface area contributed by atoms with Gasteiger partial charge in [0, 0.05) is 24.1 Å². The van der Waals surface area contributed by atoms with E-state index < -0.39 is 0 Å². The molecule has 0 radical (unpaired) electrons. The molecule has 6 nitrogen and oxygen atoms in total. The van der Waals surface area contributed by atoms with Crippen molar-refractivity contribution in [1.29, 1.82) is 0 Å². The predicted molar refractivity (Wildman–Crippen MR) is 129 cm³/mol. The second-order valence-electron chi connectivity index (χ2n) is 8.34. The van der Waals surface area contributed by atoms with Crippen LogP contribution in [0.1, 0.15) is 63.8 Å². The lowest BCUT2D eigenvalue weighted by Gasteiger charge is -2.34. The molecule has 0 spiro atoms. The van der Waals surface area contributed by atoms with E-state index in [2.05, 4.69) is 27.7 Å². The van der Waals surface area contributed by atoms with Crippen LogP contribution in [-0.2, 0) is 28.9 Å². The topological polar surface area (TPSA) is 64.4 Å². The van der Waals surface area contributed by atoms with E-state index in [-0.39, 0.29) is 29.3 Å². The maximum absolute atomic E-state index is 13.4. The third-order valence-electron chi connectivity index (χ3n) is 6.30. The van der Waals surface area contributed by atoms with E-state index in [1.807, 2.05) is 4.90 Å². The van der Waals surface area contributed by atoms with Crippen molar-refractivity contribution in [2.24, 2.45) is 0 Å². The Labute approximate surface area is 193 Å². The van der Waals surface area contributed by atoms with Gasteiger partial charge in [0.05, 0.1) is 24.3 Å². The highest BCUT2D eigenvalue weighted by atomic mass is 32.2. The van der Waals surface area contributed by atoms with Gasteiger partial charge in [-0.1, -0.05) is 25.6 Å². The molecule has 0 fully saturated rings. The molecule has 1 amide bonds. The van der Waals surface area contributed by atoms with Crippen LogP contribution in [0.5, 0.6) is 0 Å². The third-order valence-corrected chi connectivity index (χ3v) is 8.45. The normalized spacial score (nSPS) is 15.6. The number of aromatic nitrogens is 2. The fraction of sp³-hybridized carbons (Fsp3) is 0.696. The number of methoxy groups -OCH3 is 1. The molecule has 31 heavy (non-hydrogen) atoms. The zero-order chi connectivity index (χ0) is 22.5. The number of hydrogen-bond acceptors (Lipinski definition) is 6. The summed E-state index contributed by atoms with van der Waals surface area (Å²) in [6, 6.07) is 0.386.